The molecule has 0 aliphatic heterocycles. The molecule has 2 heterocycles. The van der Waals surface area contributed by atoms with E-state index in [9.17, 15) is 4.79 Å². The smallest absolute Gasteiger partial charge is 0.305 e. The Labute approximate surface area is 163 Å². The van der Waals surface area contributed by atoms with Gasteiger partial charge in [0.15, 0.2) is 5.13 Å². The highest BCUT2D eigenvalue weighted by atomic mass is 32.1. The number of hydrogen-bond donors (Lipinski definition) is 1. The van der Waals surface area contributed by atoms with Crippen molar-refractivity contribution < 1.29 is 9.90 Å². The number of aliphatic carboxylic acids is 1. The highest BCUT2D eigenvalue weighted by molar-refractivity contribution is 7.14. The summed E-state index contributed by atoms with van der Waals surface area (Å²) >= 11 is 3.42. The molecule has 0 amide bonds. The van der Waals surface area contributed by atoms with Crippen molar-refractivity contribution >= 4 is 33.8 Å². The molecule has 6 heteroatoms. The molecule has 0 saturated heterocycles. The molecular formula is C20H28N2O2S2. The maximum atomic E-state index is 11.0. The number of carbonyl (C=O) groups is 1. The topological polar surface area (TPSA) is 53.4 Å². The van der Waals surface area contributed by atoms with Gasteiger partial charge in [0, 0.05) is 21.7 Å². The van der Waals surface area contributed by atoms with Crippen LogP contribution in [0.1, 0.15) is 54.5 Å². The van der Waals surface area contributed by atoms with Crippen LogP contribution in [0.4, 0.5) is 5.13 Å². The Kier molecular flexibility index (Phi) is 6.70. The maximum Gasteiger partial charge on any atom is 0.305 e. The van der Waals surface area contributed by atoms with Gasteiger partial charge in [0.1, 0.15) is 0 Å². The third-order valence-corrected chi connectivity index (χ3v) is 7.12. The van der Waals surface area contributed by atoms with Crippen molar-refractivity contribution in [3.8, 4) is 0 Å². The summed E-state index contributed by atoms with van der Waals surface area (Å²) in [5, 5.41) is 12.2. The summed E-state index contributed by atoms with van der Waals surface area (Å²) in [6.07, 6.45) is 6.50. The molecule has 142 valence electrons. The van der Waals surface area contributed by atoms with E-state index in [1.165, 1.54) is 41.1 Å². The Morgan fingerprint density at radius 1 is 1.31 bits per heavy atom. The maximum absolute atomic E-state index is 11.0. The van der Waals surface area contributed by atoms with Gasteiger partial charge in [0.05, 0.1) is 18.7 Å². The molecule has 3 rings (SSSR count). The minimum absolute atomic E-state index is 0.139. The number of carboxylic acid groups (broad SMARTS) is 1. The number of thiophene rings is 1. The molecule has 0 aromatic carbocycles. The molecule has 1 aliphatic rings. The van der Waals surface area contributed by atoms with Gasteiger partial charge in [0.2, 0.25) is 0 Å². The number of nitrogens with zero attached hydrogens (tertiary/aromatic N) is 2. The Morgan fingerprint density at radius 3 is 2.73 bits per heavy atom. The SMILES string of the molecule is Cc1ccc(CN(CCC(=O)O)c2nc(CC3CCC(C)CC3)cs2)s1. The molecule has 0 bridgehead atoms. The molecule has 0 atom stereocenters. The normalized spacial score (nSPS) is 20.2. The lowest BCUT2D eigenvalue weighted by atomic mass is 9.81. The highest BCUT2D eigenvalue weighted by Crippen LogP contribution is 2.32. The summed E-state index contributed by atoms with van der Waals surface area (Å²) in [6.45, 7) is 5.69. The summed E-state index contributed by atoms with van der Waals surface area (Å²) in [5.74, 6) is 0.872. The molecule has 1 saturated carbocycles. The number of anilines is 1. The molecule has 1 N–H and O–H groups in total. The standard InChI is InChI=1S/C20H28N2O2S2/c1-14-3-6-16(7-4-14)11-17-13-25-20(21-17)22(10-9-19(23)24)12-18-8-5-15(2)26-18/h5,8,13-14,16H,3-4,6-7,9-12H2,1-2H3,(H,23,24). The molecule has 1 fully saturated rings. The summed E-state index contributed by atoms with van der Waals surface area (Å²) in [4.78, 5) is 20.6. The number of thiazole rings is 1. The molecule has 1 aliphatic carbocycles. The molecule has 0 spiro atoms. The van der Waals surface area contributed by atoms with Crippen LogP contribution in [0.15, 0.2) is 17.5 Å². The number of aromatic nitrogens is 1. The van der Waals surface area contributed by atoms with E-state index in [1.54, 1.807) is 22.7 Å². The van der Waals surface area contributed by atoms with E-state index in [0.29, 0.717) is 6.54 Å². The Hall–Kier alpha value is -1.40. The summed E-state index contributed by atoms with van der Waals surface area (Å²) < 4.78 is 0. The predicted octanol–water partition coefficient (Wildman–Crippen LogP) is 5.36. The molecule has 2 aromatic heterocycles. The van der Waals surface area contributed by atoms with E-state index in [2.05, 4.69) is 36.3 Å². The fraction of sp³-hybridized carbons (Fsp3) is 0.600. The van der Waals surface area contributed by atoms with Gasteiger partial charge in [-0.05, 0) is 50.2 Å². The molecule has 4 nitrogen and oxygen atoms in total. The quantitative estimate of drug-likeness (QED) is 0.657. The van der Waals surface area contributed by atoms with Gasteiger partial charge in [-0.15, -0.1) is 22.7 Å². The monoisotopic (exact) mass is 392 g/mol. The minimum Gasteiger partial charge on any atom is -0.481 e. The first-order valence-corrected chi connectivity index (χ1v) is 11.2. The lowest BCUT2D eigenvalue weighted by Gasteiger charge is -2.25. The lowest BCUT2D eigenvalue weighted by Crippen LogP contribution is -2.25. The number of aryl methyl sites for hydroxylation is 1. The van der Waals surface area contributed by atoms with Crippen molar-refractivity contribution in [1.29, 1.82) is 0 Å². The zero-order chi connectivity index (χ0) is 18.5. The van der Waals surface area contributed by atoms with Crippen LogP contribution in [0, 0.1) is 18.8 Å². The second-order valence-corrected chi connectivity index (χ2v) is 9.74. The summed E-state index contributed by atoms with van der Waals surface area (Å²) in [7, 11) is 0. The van der Waals surface area contributed by atoms with E-state index < -0.39 is 5.97 Å². The van der Waals surface area contributed by atoms with Gasteiger partial charge >= 0.3 is 5.97 Å². The van der Waals surface area contributed by atoms with Crippen molar-refractivity contribution in [2.24, 2.45) is 11.8 Å². The third-order valence-electron chi connectivity index (χ3n) is 5.18. The van der Waals surface area contributed by atoms with Crippen molar-refractivity contribution in [1.82, 2.24) is 4.98 Å². The zero-order valence-electron chi connectivity index (χ0n) is 15.6. The van der Waals surface area contributed by atoms with Gasteiger partial charge in [-0.1, -0.05) is 19.8 Å². The van der Waals surface area contributed by atoms with Crippen molar-refractivity contribution in [2.45, 2.75) is 58.9 Å². The van der Waals surface area contributed by atoms with Crippen LogP contribution in [0.25, 0.3) is 0 Å². The van der Waals surface area contributed by atoms with Crippen molar-refractivity contribution in [2.75, 3.05) is 11.4 Å². The number of rotatable bonds is 8. The van der Waals surface area contributed by atoms with Gasteiger partial charge in [-0.2, -0.15) is 0 Å². The Bertz CT molecular complexity index is 717. The highest BCUT2D eigenvalue weighted by Gasteiger charge is 2.20. The molecular weight excluding hydrogens is 364 g/mol. The van der Waals surface area contributed by atoms with Crippen molar-refractivity contribution in [3.63, 3.8) is 0 Å². The molecule has 0 radical (unpaired) electrons. The zero-order valence-corrected chi connectivity index (χ0v) is 17.2. The van der Waals surface area contributed by atoms with E-state index in [4.69, 9.17) is 10.1 Å². The number of hydrogen-bond acceptors (Lipinski definition) is 5. The fourth-order valence-electron chi connectivity index (χ4n) is 3.60. The minimum atomic E-state index is -0.759. The number of carboxylic acids is 1. The largest absolute Gasteiger partial charge is 0.481 e. The van der Waals surface area contributed by atoms with Gasteiger partial charge < -0.3 is 10.0 Å². The third kappa shape index (κ3) is 5.55. The summed E-state index contributed by atoms with van der Waals surface area (Å²) in [6, 6.07) is 4.25. The second-order valence-electron chi connectivity index (χ2n) is 7.53. The average molecular weight is 393 g/mol. The average Bonchev–Trinajstić information content (AvgIpc) is 3.22. The molecule has 0 unspecified atom stereocenters. The van der Waals surface area contributed by atoms with Crippen LogP contribution in [0.2, 0.25) is 0 Å². The van der Waals surface area contributed by atoms with Gasteiger partial charge in [0.25, 0.3) is 0 Å². The van der Waals surface area contributed by atoms with Gasteiger partial charge in [-0.25, -0.2) is 4.98 Å². The second kappa shape index (κ2) is 9.00. The van der Waals surface area contributed by atoms with Gasteiger partial charge in [-0.3, -0.25) is 4.79 Å². The van der Waals surface area contributed by atoms with Crippen molar-refractivity contribution in [3.05, 3.63) is 33.0 Å². The van der Waals surface area contributed by atoms with Crippen LogP contribution in [0.5, 0.6) is 0 Å². The predicted molar refractivity (Wildman–Crippen MR) is 109 cm³/mol. The van der Waals surface area contributed by atoms with Crippen LogP contribution in [0.3, 0.4) is 0 Å². The van der Waals surface area contributed by atoms with E-state index in [-0.39, 0.29) is 6.42 Å². The van der Waals surface area contributed by atoms with E-state index in [0.717, 1.165) is 29.9 Å². The van der Waals surface area contributed by atoms with Crippen LogP contribution in [-0.4, -0.2) is 22.6 Å². The van der Waals surface area contributed by atoms with E-state index >= 15 is 0 Å². The van der Waals surface area contributed by atoms with Crippen LogP contribution >= 0.6 is 22.7 Å². The lowest BCUT2D eigenvalue weighted by molar-refractivity contribution is -0.136. The summed E-state index contributed by atoms with van der Waals surface area (Å²) in [5.41, 5.74) is 1.17. The molecule has 26 heavy (non-hydrogen) atoms. The Morgan fingerprint density at radius 2 is 2.08 bits per heavy atom. The fourth-order valence-corrected chi connectivity index (χ4v) is 5.37. The Balaban J connectivity index is 1.65. The van der Waals surface area contributed by atoms with Crippen LogP contribution in [-0.2, 0) is 17.8 Å². The first-order valence-electron chi connectivity index (χ1n) is 9.46. The molecule has 2 aromatic rings. The van der Waals surface area contributed by atoms with Crippen LogP contribution < -0.4 is 4.90 Å². The van der Waals surface area contributed by atoms with E-state index in [1.807, 2.05) is 0 Å². The first kappa shape index (κ1) is 19.4. The first-order chi connectivity index (χ1) is 12.5.